The predicted octanol–water partition coefficient (Wildman–Crippen LogP) is 1.23. The van der Waals surface area contributed by atoms with E-state index in [4.69, 9.17) is 16.2 Å². The predicted molar refractivity (Wildman–Crippen MR) is 67.7 cm³/mol. The first kappa shape index (κ1) is 13.0. The smallest absolute Gasteiger partial charge is 0.142 e. The van der Waals surface area contributed by atoms with Crippen LogP contribution in [0.4, 0.5) is 0 Å². The number of rotatable bonds is 6. The molecule has 4 nitrogen and oxygen atoms in total. The van der Waals surface area contributed by atoms with E-state index in [9.17, 15) is 0 Å². The van der Waals surface area contributed by atoms with Crippen LogP contribution in [0, 0.1) is 11.3 Å². The van der Waals surface area contributed by atoms with Crippen molar-refractivity contribution in [3.8, 4) is 0 Å². The van der Waals surface area contributed by atoms with E-state index in [1.807, 2.05) is 19.1 Å². The summed E-state index contributed by atoms with van der Waals surface area (Å²) in [5.74, 6) is 1.96. The van der Waals surface area contributed by atoms with Gasteiger partial charge in [0.25, 0.3) is 0 Å². The average molecular weight is 239 g/mol. The van der Waals surface area contributed by atoms with Gasteiger partial charge in [-0.1, -0.05) is 13.0 Å². The van der Waals surface area contributed by atoms with Gasteiger partial charge < -0.3 is 10.8 Å². The maximum absolute atomic E-state index is 8.89. The van der Waals surface area contributed by atoms with Crippen LogP contribution in [0.2, 0.25) is 0 Å². The van der Waals surface area contributed by atoms with Crippen molar-refractivity contribution in [3.05, 3.63) is 29.6 Å². The lowest BCUT2D eigenvalue weighted by Gasteiger charge is -2.09. The van der Waals surface area contributed by atoms with E-state index in [0.29, 0.717) is 11.6 Å². The van der Waals surface area contributed by atoms with E-state index in [1.54, 1.807) is 18.0 Å². The zero-order valence-electron chi connectivity index (χ0n) is 9.31. The summed E-state index contributed by atoms with van der Waals surface area (Å²) in [6, 6.07) is 3.78. The number of hydrogen-bond acceptors (Lipinski definition) is 4. The minimum Gasteiger partial charge on any atom is -0.396 e. The summed E-state index contributed by atoms with van der Waals surface area (Å²) >= 11 is 1.72. The second-order valence-electron chi connectivity index (χ2n) is 3.73. The van der Waals surface area contributed by atoms with Crippen molar-refractivity contribution in [3.63, 3.8) is 0 Å². The van der Waals surface area contributed by atoms with Crippen molar-refractivity contribution in [1.29, 1.82) is 5.41 Å². The van der Waals surface area contributed by atoms with Crippen LogP contribution in [-0.4, -0.2) is 28.3 Å². The van der Waals surface area contributed by atoms with Crippen LogP contribution < -0.4 is 5.73 Å². The van der Waals surface area contributed by atoms with E-state index in [1.165, 1.54) is 0 Å². The van der Waals surface area contributed by atoms with Crippen LogP contribution in [0.15, 0.2) is 18.3 Å². The molecular formula is C11H17N3OS. The Bertz CT molecular complexity index is 357. The molecule has 1 aromatic heterocycles. The van der Waals surface area contributed by atoms with E-state index >= 15 is 0 Å². The molecule has 0 saturated heterocycles. The van der Waals surface area contributed by atoms with Crippen molar-refractivity contribution in [2.75, 3.05) is 12.4 Å². The third-order valence-electron chi connectivity index (χ3n) is 2.12. The number of aliphatic hydroxyl groups is 1. The van der Waals surface area contributed by atoms with Gasteiger partial charge in [0, 0.05) is 18.6 Å². The number of nitrogens with zero attached hydrogens (tertiary/aromatic N) is 1. The quantitative estimate of drug-likeness (QED) is 0.515. The number of nitrogens with two attached hydrogens (primary N) is 1. The summed E-state index contributed by atoms with van der Waals surface area (Å²) in [7, 11) is 0. The standard InChI is InChI=1S/C11H17N3OS/c1-8(5-15)6-16-7-9-3-2-4-14-10(9)11(12)13/h2-4,8,15H,5-7H2,1H3,(H3,12,13). The SMILES string of the molecule is CC(CO)CSCc1cccnc1C(=N)N. The zero-order valence-corrected chi connectivity index (χ0v) is 10.1. The minimum atomic E-state index is 0.00593. The number of amidine groups is 1. The highest BCUT2D eigenvalue weighted by molar-refractivity contribution is 7.98. The van der Waals surface area contributed by atoms with Gasteiger partial charge in [0.05, 0.1) is 0 Å². The molecule has 1 unspecified atom stereocenters. The molecular weight excluding hydrogens is 222 g/mol. The van der Waals surface area contributed by atoms with E-state index < -0.39 is 0 Å². The molecule has 88 valence electrons. The maximum atomic E-state index is 8.89. The van der Waals surface area contributed by atoms with E-state index in [0.717, 1.165) is 17.1 Å². The fourth-order valence-corrected chi connectivity index (χ4v) is 2.30. The molecule has 0 aliphatic rings. The Kier molecular flexibility index (Phi) is 5.28. The molecule has 4 N–H and O–H groups in total. The summed E-state index contributed by atoms with van der Waals surface area (Å²) in [4.78, 5) is 4.08. The van der Waals surface area contributed by atoms with Gasteiger partial charge >= 0.3 is 0 Å². The van der Waals surface area contributed by atoms with Gasteiger partial charge in [0.1, 0.15) is 11.5 Å². The Labute approximate surface area is 99.8 Å². The molecule has 5 heteroatoms. The Morgan fingerprint density at radius 3 is 3.06 bits per heavy atom. The lowest BCUT2D eigenvalue weighted by atomic mass is 10.2. The lowest BCUT2D eigenvalue weighted by molar-refractivity contribution is 0.250. The Hall–Kier alpha value is -1.07. The summed E-state index contributed by atoms with van der Waals surface area (Å²) < 4.78 is 0. The Morgan fingerprint density at radius 2 is 2.44 bits per heavy atom. The molecule has 16 heavy (non-hydrogen) atoms. The first-order valence-electron chi connectivity index (χ1n) is 5.12. The van der Waals surface area contributed by atoms with Gasteiger partial charge in [-0.25, -0.2) is 0 Å². The molecule has 0 radical (unpaired) electrons. The molecule has 1 rings (SSSR count). The fourth-order valence-electron chi connectivity index (χ4n) is 1.22. The second kappa shape index (κ2) is 6.50. The zero-order chi connectivity index (χ0) is 12.0. The largest absolute Gasteiger partial charge is 0.396 e. The van der Waals surface area contributed by atoms with Crippen molar-refractivity contribution in [2.45, 2.75) is 12.7 Å². The van der Waals surface area contributed by atoms with Gasteiger partial charge in [-0.3, -0.25) is 10.4 Å². The second-order valence-corrected chi connectivity index (χ2v) is 4.76. The molecule has 0 bridgehead atoms. The molecule has 0 spiro atoms. The number of hydrogen-bond donors (Lipinski definition) is 3. The van der Waals surface area contributed by atoms with Crippen molar-refractivity contribution in [2.24, 2.45) is 11.7 Å². The van der Waals surface area contributed by atoms with Gasteiger partial charge in [0.15, 0.2) is 0 Å². The number of aromatic nitrogens is 1. The molecule has 1 atom stereocenters. The molecule has 0 saturated carbocycles. The molecule has 1 aromatic rings. The van der Waals surface area contributed by atoms with Crippen molar-refractivity contribution >= 4 is 17.6 Å². The molecule has 0 fully saturated rings. The van der Waals surface area contributed by atoms with Crippen LogP contribution in [0.25, 0.3) is 0 Å². The molecule has 0 aromatic carbocycles. The van der Waals surface area contributed by atoms with Crippen LogP contribution in [0.1, 0.15) is 18.2 Å². The summed E-state index contributed by atoms with van der Waals surface area (Å²) in [6.07, 6.45) is 1.64. The third kappa shape index (κ3) is 3.83. The molecule has 1 heterocycles. The summed E-state index contributed by atoms with van der Waals surface area (Å²) in [6.45, 7) is 2.21. The van der Waals surface area contributed by atoms with Crippen LogP contribution >= 0.6 is 11.8 Å². The normalized spacial score (nSPS) is 12.4. The van der Waals surface area contributed by atoms with Crippen molar-refractivity contribution < 1.29 is 5.11 Å². The first-order chi connectivity index (χ1) is 7.65. The first-order valence-corrected chi connectivity index (χ1v) is 6.27. The topological polar surface area (TPSA) is 83.0 Å². The van der Waals surface area contributed by atoms with Crippen LogP contribution in [0.5, 0.6) is 0 Å². The number of nitrogens with one attached hydrogen (secondary N) is 1. The number of pyridine rings is 1. The molecule has 0 aliphatic carbocycles. The van der Waals surface area contributed by atoms with E-state index in [-0.39, 0.29) is 12.4 Å². The highest BCUT2D eigenvalue weighted by Crippen LogP contribution is 2.17. The molecule has 0 aliphatic heterocycles. The average Bonchev–Trinajstić information content (AvgIpc) is 2.29. The fraction of sp³-hybridized carbons (Fsp3) is 0.455. The third-order valence-corrected chi connectivity index (χ3v) is 3.44. The minimum absolute atomic E-state index is 0.00593. The maximum Gasteiger partial charge on any atom is 0.142 e. The Morgan fingerprint density at radius 1 is 1.69 bits per heavy atom. The van der Waals surface area contributed by atoms with Gasteiger partial charge in [-0.2, -0.15) is 11.8 Å². The highest BCUT2D eigenvalue weighted by Gasteiger charge is 2.07. The van der Waals surface area contributed by atoms with Crippen molar-refractivity contribution in [1.82, 2.24) is 4.98 Å². The summed E-state index contributed by atoms with van der Waals surface area (Å²) in [5, 5.41) is 16.3. The number of aliphatic hydroxyl groups excluding tert-OH is 1. The number of thioether (sulfide) groups is 1. The van der Waals surface area contributed by atoms with Crippen LogP contribution in [-0.2, 0) is 5.75 Å². The lowest BCUT2D eigenvalue weighted by Crippen LogP contribution is -2.15. The number of nitrogen functional groups attached to an aromatic ring is 1. The highest BCUT2D eigenvalue weighted by atomic mass is 32.2. The summed E-state index contributed by atoms with van der Waals surface area (Å²) in [5.41, 5.74) is 6.98. The van der Waals surface area contributed by atoms with Crippen LogP contribution in [0.3, 0.4) is 0 Å². The van der Waals surface area contributed by atoms with Gasteiger partial charge in [-0.15, -0.1) is 0 Å². The van der Waals surface area contributed by atoms with E-state index in [2.05, 4.69) is 4.98 Å². The Balaban J connectivity index is 2.56. The monoisotopic (exact) mass is 239 g/mol. The van der Waals surface area contributed by atoms with Gasteiger partial charge in [0.2, 0.25) is 0 Å². The molecule has 0 amide bonds. The van der Waals surface area contributed by atoms with Gasteiger partial charge in [-0.05, 0) is 23.3 Å².